The van der Waals surface area contributed by atoms with E-state index in [1.165, 1.54) is 57.8 Å². The summed E-state index contributed by atoms with van der Waals surface area (Å²) >= 11 is 0. The Labute approximate surface area is 196 Å². The summed E-state index contributed by atoms with van der Waals surface area (Å²) in [5.74, 6) is 3.97. The topological polar surface area (TPSA) is 58.9 Å². The molecule has 0 unspecified atom stereocenters. The molecule has 0 heterocycles. The molecule has 4 aliphatic carbocycles. The average molecular weight is 451 g/mol. The van der Waals surface area contributed by atoms with Gasteiger partial charge in [-0.25, -0.2) is 0 Å². The summed E-state index contributed by atoms with van der Waals surface area (Å²) in [5, 5.41) is 19.2. The van der Waals surface area contributed by atoms with Crippen molar-refractivity contribution >= 4 is 0 Å². The smallest absolute Gasteiger partial charge is 0.0701 e. The fraction of sp³-hybridized carbons (Fsp3) is 1.00. The minimum Gasteiger partial charge on any atom is -0.394 e. The Kier molecular flexibility index (Phi) is 7.97. The van der Waals surface area contributed by atoms with Crippen molar-refractivity contribution in [1.29, 1.82) is 0 Å². The first-order valence-corrected chi connectivity index (χ1v) is 13.9. The number of aliphatic hydroxyl groups excluding tert-OH is 2. The van der Waals surface area contributed by atoms with E-state index in [1.807, 2.05) is 0 Å². The predicted molar refractivity (Wildman–Crippen MR) is 128 cm³/mol. The summed E-state index contributed by atoms with van der Waals surface area (Å²) < 4.78 is 13.0. The van der Waals surface area contributed by atoms with Gasteiger partial charge >= 0.3 is 0 Å². The van der Waals surface area contributed by atoms with Gasteiger partial charge in [0.2, 0.25) is 0 Å². The predicted octanol–water partition coefficient (Wildman–Crippen LogP) is 5.45. The number of hydrogen-bond acceptors (Lipinski definition) is 4. The highest BCUT2D eigenvalue weighted by molar-refractivity contribution is 5.14. The van der Waals surface area contributed by atoms with Gasteiger partial charge in [0.1, 0.15) is 0 Å². The molecule has 0 saturated heterocycles. The summed E-state index contributed by atoms with van der Waals surface area (Å²) in [4.78, 5) is 0. The van der Waals surface area contributed by atoms with E-state index in [0.717, 1.165) is 12.3 Å². The maximum atomic E-state index is 9.62. The van der Waals surface area contributed by atoms with E-state index in [1.54, 1.807) is 0 Å². The Morgan fingerprint density at radius 1 is 0.938 bits per heavy atom. The normalized spacial score (nSPS) is 46.9. The first-order valence-electron chi connectivity index (χ1n) is 13.9. The van der Waals surface area contributed by atoms with Gasteiger partial charge < -0.3 is 19.7 Å². The molecule has 4 nitrogen and oxygen atoms in total. The third-order valence-electron chi connectivity index (χ3n) is 11.0. The highest BCUT2D eigenvalue weighted by Crippen LogP contribution is 2.69. The van der Waals surface area contributed by atoms with Crippen LogP contribution in [0.5, 0.6) is 0 Å². The van der Waals surface area contributed by atoms with Gasteiger partial charge in [0.05, 0.1) is 38.6 Å². The maximum Gasteiger partial charge on any atom is 0.0701 e. The van der Waals surface area contributed by atoms with E-state index >= 15 is 0 Å². The second-order valence-corrected chi connectivity index (χ2v) is 12.2. The molecule has 4 rings (SSSR count). The van der Waals surface area contributed by atoms with Crippen LogP contribution in [-0.4, -0.2) is 48.8 Å². The molecule has 32 heavy (non-hydrogen) atoms. The van der Waals surface area contributed by atoms with E-state index in [9.17, 15) is 10.2 Å². The Balaban J connectivity index is 1.71. The van der Waals surface area contributed by atoms with Crippen LogP contribution >= 0.6 is 0 Å². The minimum atomic E-state index is 0.114. The lowest BCUT2D eigenvalue weighted by molar-refractivity contribution is -0.223. The van der Waals surface area contributed by atoms with Crippen LogP contribution in [0.1, 0.15) is 91.9 Å². The minimum absolute atomic E-state index is 0.114. The van der Waals surface area contributed by atoms with Crippen LogP contribution in [0, 0.1) is 46.3 Å². The third kappa shape index (κ3) is 4.10. The SMILES string of the molecule is CCC[C@@H](C)[C@H]1CC[C@H]2[C@@H]3[C@H](OCCO)C[C@@H]4CCCC[C@]4(C)[C@H]3C[C@H](OCCO)[C@]12C. The van der Waals surface area contributed by atoms with Crippen molar-refractivity contribution in [1.82, 2.24) is 0 Å². The van der Waals surface area contributed by atoms with Crippen molar-refractivity contribution in [3.05, 3.63) is 0 Å². The highest BCUT2D eigenvalue weighted by atomic mass is 16.5. The largest absolute Gasteiger partial charge is 0.394 e. The van der Waals surface area contributed by atoms with Crippen LogP contribution in [0.15, 0.2) is 0 Å². The van der Waals surface area contributed by atoms with Gasteiger partial charge in [0.15, 0.2) is 0 Å². The molecular weight excluding hydrogens is 400 g/mol. The van der Waals surface area contributed by atoms with Crippen LogP contribution in [0.3, 0.4) is 0 Å². The first-order chi connectivity index (χ1) is 15.4. The second-order valence-electron chi connectivity index (χ2n) is 12.2. The number of hydrogen-bond donors (Lipinski definition) is 2. The lowest BCUT2D eigenvalue weighted by Gasteiger charge is -2.64. The molecule has 0 aliphatic heterocycles. The van der Waals surface area contributed by atoms with Crippen LogP contribution in [0.2, 0.25) is 0 Å². The Bertz CT molecular complexity index is 610. The van der Waals surface area contributed by atoms with Gasteiger partial charge in [-0.3, -0.25) is 0 Å². The van der Waals surface area contributed by atoms with Crippen molar-refractivity contribution in [2.24, 2.45) is 46.3 Å². The fourth-order valence-corrected chi connectivity index (χ4v) is 9.61. The van der Waals surface area contributed by atoms with E-state index in [2.05, 4.69) is 27.7 Å². The summed E-state index contributed by atoms with van der Waals surface area (Å²) in [6.45, 7) is 11.1. The van der Waals surface area contributed by atoms with E-state index < -0.39 is 0 Å². The average Bonchev–Trinajstić information content (AvgIpc) is 3.14. The van der Waals surface area contributed by atoms with Crippen LogP contribution in [-0.2, 0) is 9.47 Å². The number of ether oxygens (including phenoxy) is 2. The Hall–Kier alpha value is -0.160. The molecule has 0 aromatic carbocycles. The van der Waals surface area contributed by atoms with E-state index in [4.69, 9.17) is 9.47 Å². The van der Waals surface area contributed by atoms with Gasteiger partial charge in [-0.2, -0.15) is 0 Å². The molecule has 0 radical (unpaired) electrons. The Morgan fingerprint density at radius 2 is 1.69 bits per heavy atom. The standard InChI is InChI=1S/C28H50O4/c1-5-8-19(2)21-10-11-22-26-23(18-25(28(21,22)4)32-16-14-30)27(3)12-7-6-9-20(27)17-24(26)31-15-13-29/h19-26,29-30H,5-18H2,1-4H3/t19-,20+,21-,22+,23+,24-,25+,26+,27+,28-/m1/s1. The molecule has 0 aromatic heterocycles. The zero-order chi connectivity index (χ0) is 22.9. The molecule has 4 aliphatic rings. The quantitative estimate of drug-likeness (QED) is 0.491. The number of fused-ring (bicyclic) bond motifs is 5. The molecule has 4 saturated carbocycles. The molecule has 4 heteroatoms. The molecule has 0 bridgehead atoms. The number of rotatable bonds is 9. The van der Waals surface area contributed by atoms with Crippen molar-refractivity contribution in [3.63, 3.8) is 0 Å². The van der Waals surface area contributed by atoms with Crippen molar-refractivity contribution in [3.8, 4) is 0 Å². The molecule has 2 N–H and O–H groups in total. The molecule has 4 fully saturated rings. The maximum absolute atomic E-state index is 9.62. The Morgan fingerprint density at radius 3 is 2.41 bits per heavy atom. The van der Waals surface area contributed by atoms with Gasteiger partial charge in [-0.15, -0.1) is 0 Å². The van der Waals surface area contributed by atoms with Gasteiger partial charge in [0, 0.05) is 5.41 Å². The van der Waals surface area contributed by atoms with Crippen LogP contribution in [0.4, 0.5) is 0 Å². The molecule has 186 valence electrons. The molecule has 0 amide bonds. The van der Waals surface area contributed by atoms with E-state index in [0.29, 0.717) is 48.2 Å². The van der Waals surface area contributed by atoms with Crippen molar-refractivity contribution in [2.45, 2.75) is 104 Å². The second kappa shape index (κ2) is 10.2. The van der Waals surface area contributed by atoms with Crippen molar-refractivity contribution in [2.75, 3.05) is 26.4 Å². The van der Waals surface area contributed by atoms with Crippen molar-refractivity contribution < 1.29 is 19.7 Å². The van der Waals surface area contributed by atoms with Crippen LogP contribution < -0.4 is 0 Å². The molecule has 10 atom stereocenters. The summed E-state index contributed by atoms with van der Waals surface area (Å²) in [6.07, 6.45) is 13.3. The summed E-state index contributed by atoms with van der Waals surface area (Å²) in [5.41, 5.74) is 0.543. The lowest BCUT2D eigenvalue weighted by Crippen LogP contribution is -2.62. The van der Waals surface area contributed by atoms with Gasteiger partial charge in [-0.1, -0.05) is 53.4 Å². The molecular formula is C28H50O4. The summed E-state index contributed by atoms with van der Waals surface area (Å²) in [6, 6.07) is 0. The third-order valence-corrected chi connectivity index (χ3v) is 11.0. The monoisotopic (exact) mass is 450 g/mol. The lowest BCUT2D eigenvalue weighted by atomic mass is 9.43. The van der Waals surface area contributed by atoms with Gasteiger partial charge in [0.25, 0.3) is 0 Å². The highest BCUT2D eigenvalue weighted by Gasteiger charge is 2.66. The van der Waals surface area contributed by atoms with Gasteiger partial charge in [-0.05, 0) is 79.4 Å². The molecule has 0 spiro atoms. The summed E-state index contributed by atoms with van der Waals surface area (Å²) in [7, 11) is 0. The number of aliphatic hydroxyl groups is 2. The fourth-order valence-electron chi connectivity index (χ4n) is 9.61. The zero-order valence-electron chi connectivity index (χ0n) is 21.2. The van der Waals surface area contributed by atoms with E-state index in [-0.39, 0.29) is 30.8 Å². The van der Waals surface area contributed by atoms with Crippen LogP contribution in [0.25, 0.3) is 0 Å². The molecule has 0 aromatic rings. The first kappa shape index (κ1) is 24.9. The zero-order valence-corrected chi connectivity index (χ0v) is 21.2.